The van der Waals surface area contributed by atoms with Crippen molar-refractivity contribution >= 4 is 23.2 Å². The first-order valence-electron chi connectivity index (χ1n) is 21.4. The van der Waals surface area contributed by atoms with Gasteiger partial charge >= 0.3 is 0 Å². The predicted molar refractivity (Wildman–Crippen MR) is 238 cm³/mol. The number of para-hydroxylation sites is 2. The number of carbonyl (C=O) groups is 2. The fourth-order valence-electron chi connectivity index (χ4n) is 8.22. The number of hydrogen-bond donors (Lipinski definition) is 4. The zero-order chi connectivity index (χ0) is 42.6. The minimum Gasteiger partial charge on any atom is -0.493 e. The van der Waals surface area contributed by atoms with Crippen LogP contribution >= 0.6 is 0 Å². The molecule has 2 aliphatic heterocycles. The van der Waals surface area contributed by atoms with E-state index in [1.165, 1.54) is 11.1 Å². The predicted octanol–water partition coefficient (Wildman–Crippen LogP) is 8.64. The molecule has 0 spiro atoms. The zero-order valence-corrected chi connectivity index (χ0v) is 35.2. The van der Waals surface area contributed by atoms with Crippen molar-refractivity contribution in [1.29, 1.82) is 0 Å². The SMILES string of the molecule is COc1cc2c(cc1OC)CN(C[C@H]1C[C@@H](c3ccc(CO)cc3)O[C@@H](c3ccc(-c4ccccc4CNC(=O)CCCCCCC(=O)Nc4ccccc4N)cc3)O1)CC2. The number of aliphatic hydroxyl groups is 1. The molecular formula is C50H58N4O7. The number of fused-ring (bicyclic) bond motifs is 1. The maximum atomic E-state index is 12.8. The van der Waals surface area contributed by atoms with Crippen LogP contribution in [0, 0.1) is 0 Å². The van der Waals surface area contributed by atoms with Gasteiger partial charge in [-0.1, -0.05) is 97.8 Å². The third kappa shape index (κ3) is 11.6. The van der Waals surface area contributed by atoms with Crippen LogP contribution in [0.4, 0.5) is 11.4 Å². The Balaban J connectivity index is 0.940. The third-order valence-corrected chi connectivity index (χ3v) is 11.7. The molecule has 11 nitrogen and oxygen atoms in total. The summed E-state index contributed by atoms with van der Waals surface area (Å²) < 4.78 is 24.6. The Kier molecular flexibility index (Phi) is 15.1. The maximum Gasteiger partial charge on any atom is 0.224 e. The second-order valence-electron chi connectivity index (χ2n) is 15.9. The van der Waals surface area contributed by atoms with E-state index < -0.39 is 6.29 Å². The van der Waals surface area contributed by atoms with Crippen molar-refractivity contribution < 1.29 is 33.6 Å². The van der Waals surface area contributed by atoms with E-state index in [0.29, 0.717) is 37.2 Å². The molecule has 3 atom stereocenters. The van der Waals surface area contributed by atoms with E-state index >= 15 is 0 Å². The molecule has 2 heterocycles. The summed E-state index contributed by atoms with van der Waals surface area (Å²) in [5.41, 5.74) is 15.6. The maximum absolute atomic E-state index is 12.8. The van der Waals surface area contributed by atoms with E-state index in [0.717, 1.165) is 96.6 Å². The Morgan fingerprint density at radius 2 is 1.46 bits per heavy atom. The van der Waals surface area contributed by atoms with E-state index in [1.54, 1.807) is 26.4 Å². The number of nitrogens with one attached hydrogen (secondary N) is 2. The van der Waals surface area contributed by atoms with Crippen molar-refractivity contribution in [3.05, 3.63) is 143 Å². The van der Waals surface area contributed by atoms with Crippen LogP contribution < -0.4 is 25.8 Å². The molecule has 0 aliphatic carbocycles. The Morgan fingerprint density at radius 3 is 2.18 bits per heavy atom. The molecule has 0 saturated carbocycles. The van der Waals surface area contributed by atoms with Crippen LogP contribution in [-0.2, 0) is 45.2 Å². The van der Waals surface area contributed by atoms with Crippen molar-refractivity contribution in [2.75, 3.05) is 38.4 Å². The van der Waals surface area contributed by atoms with Crippen LogP contribution in [-0.4, -0.2) is 55.2 Å². The molecule has 7 rings (SSSR count). The molecule has 1 saturated heterocycles. The number of ether oxygens (including phenoxy) is 4. The van der Waals surface area contributed by atoms with Gasteiger partial charge in [0, 0.05) is 51.0 Å². The standard InChI is InChI=1S/C50H58N4O7/c1-58-46-27-38-25-26-54(31-40(38)28-47(46)59-2)32-41-29-45(36-19-17-34(33-55)18-20-36)61-50(60-41)37-23-21-35(22-24-37)42-12-8-7-11-39(42)30-52-48(56)15-5-3-4-6-16-49(57)53-44-14-10-9-13-43(44)51/h7-14,17-24,27-28,41,45,50,55H,3-6,15-16,25-26,29-33,51H2,1-2H3,(H,52,56)(H,53,57)/t41-,45+,50+/m1/s1. The molecule has 0 unspecified atom stereocenters. The molecule has 0 bridgehead atoms. The molecule has 5 aromatic carbocycles. The third-order valence-electron chi connectivity index (χ3n) is 11.7. The van der Waals surface area contributed by atoms with E-state index in [2.05, 4.69) is 58.0 Å². The quantitative estimate of drug-likeness (QED) is 0.0504. The minimum atomic E-state index is -0.572. The van der Waals surface area contributed by atoms with Gasteiger partial charge < -0.3 is 40.4 Å². The molecular weight excluding hydrogens is 769 g/mol. The minimum absolute atomic E-state index is 0.00788. The highest BCUT2D eigenvalue weighted by molar-refractivity contribution is 5.93. The van der Waals surface area contributed by atoms with Crippen LogP contribution in [0.2, 0.25) is 0 Å². The van der Waals surface area contributed by atoms with Crippen molar-refractivity contribution in [2.45, 2.75) is 89.6 Å². The highest BCUT2D eigenvalue weighted by Crippen LogP contribution is 2.40. The highest BCUT2D eigenvalue weighted by atomic mass is 16.7. The van der Waals surface area contributed by atoms with Gasteiger partial charge in [-0.3, -0.25) is 14.5 Å². The number of unbranched alkanes of at least 4 members (excludes halogenated alkanes) is 3. The van der Waals surface area contributed by atoms with Gasteiger partial charge in [0.2, 0.25) is 11.8 Å². The summed E-state index contributed by atoms with van der Waals surface area (Å²) in [7, 11) is 3.34. The van der Waals surface area contributed by atoms with Crippen molar-refractivity contribution in [3.8, 4) is 22.6 Å². The van der Waals surface area contributed by atoms with Gasteiger partial charge in [-0.25, -0.2) is 0 Å². The second-order valence-corrected chi connectivity index (χ2v) is 15.9. The summed E-state index contributed by atoms with van der Waals surface area (Å²) in [6.07, 6.45) is 4.90. The van der Waals surface area contributed by atoms with Crippen molar-refractivity contribution in [2.24, 2.45) is 0 Å². The topological polar surface area (TPSA) is 145 Å². The lowest BCUT2D eigenvalue weighted by atomic mass is 9.96. The largest absolute Gasteiger partial charge is 0.493 e. The average molecular weight is 827 g/mol. The lowest BCUT2D eigenvalue weighted by Gasteiger charge is -2.39. The Labute approximate surface area is 359 Å². The summed E-state index contributed by atoms with van der Waals surface area (Å²) in [5.74, 6) is 1.45. The summed E-state index contributed by atoms with van der Waals surface area (Å²) >= 11 is 0. The number of aliphatic hydroxyl groups excluding tert-OH is 1. The van der Waals surface area contributed by atoms with Crippen LogP contribution in [0.3, 0.4) is 0 Å². The number of nitrogens with zero attached hydrogens (tertiary/aromatic N) is 1. The van der Waals surface area contributed by atoms with E-state index in [-0.39, 0.29) is 30.6 Å². The normalized spacial score (nSPS) is 17.6. The first-order chi connectivity index (χ1) is 29.8. The van der Waals surface area contributed by atoms with Gasteiger partial charge in [-0.15, -0.1) is 0 Å². The first kappa shape index (κ1) is 43.4. The van der Waals surface area contributed by atoms with Crippen molar-refractivity contribution in [3.63, 3.8) is 0 Å². The molecule has 2 amide bonds. The van der Waals surface area contributed by atoms with Crippen LogP contribution in [0.5, 0.6) is 11.5 Å². The Morgan fingerprint density at radius 1 is 0.787 bits per heavy atom. The number of rotatable bonds is 18. The number of anilines is 2. The lowest BCUT2D eigenvalue weighted by Crippen LogP contribution is -2.41. The number of amides is 2. The molecule has 61 heavy (non-hydrogen) atoms. The number of benzene rings is 5. The van der Waals surface area contributed by atoms with Gasteiger partial charge in [0.15, 0.2) is 17.8 Å². The smallest absolute Gasteiger partial charge is 0.224 e. The average Bonchev–Trinajstić information content (AvgIpc) is 3.29. The molecule has 1 fully saturated rings. The monoisotopic (exact) mass is 826 g/mol. The Hall–Kier alpha value is -5.72. The van der Waals surface area contributed by atoms with Crippen LogP contribution in [0.1, 0.15) is 90.7 Å². The molecule has 5 N–H and O–H groups in total. The molecule has 0 aromatic heterocycles. The number of nitrogen functional groups attached to an aromatic ring is 1. The van der Waals surface area contributed by atoms with Crippen LogP contribution in [0.25, 0.3) is 11.1 Å². The fourth-order valence-corrected chi connectivity index (χ4v) is 8.22. The van der Waals surface area contributed by atoms with Crippen LogP contribution in [0.15, 0.2) is 109 Å². The van der Waals surface area contributed by atoms with E-state index in [4.69, 9.17) is 24.7 Å². The number of carbonyl (C=O) groups excluding carboxylic acids is 2. The number of methoxy groups -OCH3 is 2. The lowest BCUT2D eigenvalue weighted by molar-refractivity contribution is -0.253. The first-order valence-corrected chi connectivity index (χ1v) is 21.4. The second kappa shape index (κ2) is 21.2. The number of hydrogen-bond acceptors (Lipinski definition) is 9. The summed E-state index contributed by atoms with van der Waals surface area (Å²) in [4.78, 5) is 27.6. The molecule has 5 aromatic rings. The van der Waals surface area contributed by atoms with Gasteiger partial charge in [0.05, 0.1) is 44.4 Å². The Bertz CT molecular complexity index is 2230. The van der Waals surface area contributed by atoms with Gasteiger partial charge in [-0.2, -0.15) is 0 Å². The molecule has 11 heteroatoms. The fraction of sp³-hybridized carbons (Fsp3) is 0.360. The summed E-state index contributed by atoms with van der Waals surface area (Å²) in [5, 5.41) is 15.6. The number of nitrogens with two attached hydrogens (primary N) is 1. The zero-order valence-electron chi connectivity index (χ0n) is 35.2. The van der Waals surface area contributed by atoms with Gasteiger partial charge in [-0.05, 0) is 82.5 Å². The van der Waals surface area contributed by atoms with Gasteiger partial charge in [0.1, 0.15) is 0 Å². The molecule has 2 aliphatic rings. The summed E-state index contributed by atoms with van der Waals surface area (Å²) in [6, 6.07) is 35.9. The highest BCUT2D eigenvalue weighted by Gasteiger charge is 2.34. The molecule has 320 valence electrons. The van der Waals surface area contributed by atoms with Crippen molar-refractivity contribution in [1.82, 2.24) is 10.2 Å². The van der Waals surface area contributed by atoms with E-state index in [9.17, 15) is 14.7 Å². The summed E-state index contributed by atoms with van der Waals surface area (Å²) in [6.45, 7) is 2.87. The molecule has 0 radical (unpaired) electrons. The van der Waals surface area contributed by atoms with Gasteiger partial charge in [0.25, 0.3) is 0 Å². The van der Waals surface area contributed by atoms with E-state index in [1.807, 2.05) is 54.6 Å².